The molecule has 0 aliphatic carbocycles. The second kappa shape index (κ2) is 6.34. The maximum Gasteiger partial charge on any atom is 0.309 e. The quantitative estimate of drug-likeness (QED) is 0.548. The van der Waals surface area contributed by atoms with Crippen molar-refractivity contribution in [2.45, 2.75) is 19.3 Å². The number of esters is 1. The highest BCUT2D eigenvalue weighted by atomic mass is 79.9. The van der Waals surface area contributed by atoms with E-state index >= 15 is 0 Å². The number of ether oxygens (including phenoxy) is 1. The molecule has 0 aliphatic rings. The van der Waals surface area contributed by atoms with E-state index in [1.807, 2.05) is 0 Å². The Kier molecular flexibility index (Phi) is 6.24. The summed E-state index contributed by atoms with van der Waals surface area (Å²) in [6.45, 7) is 0. The minimum absolute atomic E-state index is 0.162. The van der Waals surface area contributed by atoms with Crippen molar-refractivity contribution >= 4 is 21.9 Å². The summed E-state index contributed by atoms with van der Waals surface area (Å²) in [5.74, 6) is -0.892. The van der Waals surface area contributed by atoms with Gasteiger partial charge in [-0.25, -0.2) is 8.78 Å². The zero-order chi connectivity index (χ0) is 9.56. The first kappa shape index (κ1) is 11.8. The van der Waals surface area contributed by atoms with Gasteiger partial charge in [-0.3, -0.25) is 4.79 Å². The molecule has 0 N–H and O–H groups in total. The molecule has 0 saturated carbocycles. The Balaban J connectivity index is 3.75. The van der Waals surface area contributed by atoms with Gasteiger partial charge in [-0.1, -0.05) is 15.9 Å². The number of rotatable bonds is 5. The molecular weight excluding hydrogens is 234 g/mol. The summed E-state index contributed by atoms with van der Waals surface area (Å²) in [4.78, 5) is 10.9. The van der Waals surface area contributed by atoms with Crippen LogP contribution >= 0.6 is 15.9 Å². The van der Waals surface area contributed by atoms with Gasteiger partial charge in [0.15, 0.2) is 0 Å². The molecule has 0 aliphatic heterocycles. The van der Waals surface area contributed by atoms with Crippen LogP contribution in [0.5, 0.6) is 0 Å². The zero-order valence-corrected chi connectivity index (χ0v) is 8.31. The first-order chi connectivity index (χ1) is 5.61. The van der Waals surface area contributed by atoms with E-state index in [1.165, 1.54) is 7.11 Å². The van der Waals surface area contributed by atoms with Gasteiger partial charge in [0.1, 0.15) is 0 Å². The summed E-state index contributed by atoms with van der Waals surface area (Å²) < 4.78 is 27.9. The van der Waals surface area contributed by atoms with E-state index < -0.39 is 18.3 Å². The zero-order valence-electron chi connectivity index (χ0n) is 6.73. The number of halogens is 3. The van der Waals surface area contributed by atoms with Gasteiger partial charge in [0.05, 0.1) is 13.0 Å². The van der Waals surface area contributed by atoms with Crippen LogP contribution in [0, 0.1) is 5.92 Å². The van der Waals surface area contributed by atoms with Crippen molar-refractivity contribution in [1.82, 2.24) is 0 Å². The predicted octanol–water partition coefficient (Wildman–Crippen LogP) is 2.22. The molecule has 2 nitrogen and oxygen atoms in total. The van der Waals surface area contributed by atoms with E-state index in [1.54, 1.807) is 0 Å². The topological polar surface area (TPSA) is 26.3 Å². The number of hydrogen-bond acceptors (Lipinski definition) is 2. The molecule has 0 amide bonds. The lowest BCUT2D eigenvalue weighted by molar-refractivity contribution is -0.145. The SMILES string of the molecule is COC(=O)C(CBr)CCC(F)F. The lowest BCUT2D eigenvalue weighted by Crippen LogP contribution is -2.18. The fraction of sp³-hybridized carbons (Fsp3) is 0.857. The van der Waals surface area contributed by atoms with Gasteiger partial charge in [0, 0.05) is 11.8 Å². The Morgan fingerprint density at radius 3 is 2.42 bits per heavy atom. The van der Waals surface area contributed by atoms with E-state index in [9.17, 15) is 13.6 Å². The number of hydrogen-bond donors (Lipinski definition) is 0. The van der Waals surface area contributed by atoms with Crippen molar-refractivity contribution in [3.63, 3.8) is 0 Å². The number of methoxy groups -OCH3 is 1. The van der Waals surface area contributed by atoms with Gasteiger partial charge in [0.25, 0.3) is 0 Å². The Labute approximate surface area is 78.4 Å². The van der Waals surface area contributed by atoms with Crippen molar-refractivity contribution in [3.8, 4) is 0 Å². The summed E-state index contributed by atoms with van der Waals surface area (Å²) in [6.07, 6.45) is -2.45. The van der Waals surface area contributed by atoms with E-state index in [0.29, 0.717) is 5.33 Å². The summed E-state index contributed by atoms with van der Waals surface area (Å²) in [5.41, 5.74) is 0. The average Bonchev–Trinajstić information content (AvgIpc) is 2.04. The van der Waals surface area contributed by atoms with Crippen LogP contribution in [-0.2, 0) is 9.53 Å². The maximum absolute atomic E-state index is 11.7. The summed E-state index contributed by atoms with van der Waals surface area (Å²) in [7, 11) is 1.25. The minimum atomic E-state index is -2.35. The van der Waals surface area contributed by atoms with Crippen LogP contribution in [0.15, 0.2) is 0 Å². The lowest BCUT2D eigenvalue weighted by Gasteiger charge is -2.10. The first-order valence-electron chi connectivity index (χ1n) is 3.53. The van der Waals surface area contributed by atoms with Crippen LogP contribution in [0.3, 0.4) is 0 Å². The third kappa shape index (κ3) is 4.64. The highest BCUT2D eigenvalue weighted by Gasteiger charge is 2.19. The molecule has 0 radical (unpaired) electrons. The van der Waals surface area contributed by atoms with Crippen LogP contribution in [-0.4, -0.2) is 24.8 Å². The van der Waals surface area contributed by atoms with Gasteiger partial charge < -0.3 is 4.74 Å². The monoisotopic (exact) mass is 244 g/mol. The number of alkyl halides is 3. The van der Waals surface area contributed by atoms with E-state index in [4.69, 9.17) is 0 Å². The normalized spacial score (nSPS) is 13.1. The van der Waals surface area contributed by atoms with Gasteiger partial charge in [0.2, 0.25) is 6.43 Å². The Bertz CT molecular complexity index is 141. The highest BCUT2D eigenvalue weighted by molar-refractivity contribution is 9.09. The van der Waals surface area contributed by atoms with Crippen molar-refractivity contribution in [2.24, 2.45) is 5.92 Å². The third-order valence-corrected chi connectivity index (χ3v) is 2.24. The molecule has 0 spiro atoms. The largest absolute Gasteiger partial charge is 0.469 e. The van der Waals surface area contributed by atoms with Gasteiger partial charge in [-0.05, 0) is 6.42 Å². The number of carbonyl (C=O) groups excluding carboxylic acids is 1. The van der Waals surface area contributed by atoms with Gasteiger partial charge in [-0.15, -0.1) is 0 Å². The van der Waals surface area contributed by atoms with E-state index in [2.05, 4.69) is 20.7 Å². The molecule has 5 heteroatoms. The molecule has 0 saturated heterocycles. The molecule has 0 aromatic rings. The second-order valence-corrected chi connectivity index (χ2v) is 2.99. The molecule has 1 atom stereocenters. The van der Waals surface area contributed by atoms with Crippen LogP contribution in [0.2, 0.25) is 0 Å². The van der Waals surface area contributed by atoms with Gasteiger partial charge in [-0.2, -0.15) is 0 Å². The molecule has 0 fully saturated rings. The second-order valence-electron chi connectivity index (χ2n) is 2.34. The predicted molar refractivity (Wildman–Crippen MR) is 44.5 cm³/mol. The fourth-order valence-electron chi connectivity index (χ4n) is 0.752. The first-order valence-corrected chi connectivity index (χ1v) is 4.66. The third-order valence-electron chi connectivity index (χ3n) is 1.45. The van der Waals surface area contributed by atoms with Crippen molar-refractivity contribution in [1.29, 1.82) is 0 Å². The van der Waals surface area contributed by atoms with Crippen LogP contribution in [0.25, 0.3) is 0 Å². The van der Waals surface area contributed by atoms with Gasteiger partial charge >= 0.3 is 5.97 Å². The molecular formula is C7H11BrF2O2. The maximum atomic E-state index is 11.7. The molecule has 1 unspecified atom stereocenters. The van der Waals surface area contributed by atoms with Crippen molar-refractivity contribution < 1.29 is 18.3 Å². The van der Waals surface area contributed by atoms with E-state index in [-0.39, 0.29) is 12.8 Å². The number of carbonyl (C=O) groups is 1. The molecule has 72 valence electrons. The average molecular weight is 245 g/mol. The Morgan fingerprint density at radius 2 is 2.08 bits per heavy atom. The minimum Gasteiger partial charge on any atom is -0.469 e. The molecule has 0 aromatic carbocycles. The van der Waals surface area contributed by atoms with Crippen LogP contribution in [0.1, 0.15) is 12.8 Å². The van der Waals surface area contributed by atoms with Crippen molar-refractivity contribution in [2.75, 3.05) is 12.4 Å². The standard InChI is InChI=1S/C7H11BrF2O2/c1-12-7(11)5(4-8)2-3-6(9)10/h5-6H,2-4H2,1H3. The molecule has 0 rings (SSSR count). The highest BCUT2D eigenvalue weighted by Crippen LogP contribution is 2.15. The van der Waals surface area contributed by atoms with Crippen LogP contribution in [0.4, 0.5) is 8.78 Å². The molecule has 0 aromatic heterocycles. The Morgan fingerprint density at radius 1 is 1.50 bits per heavy atom. The molecule has 0 bridgehead atoms. The smallest absolute Gasteiger partial charge is 0.309 e. The van der Waals surface area contributed by atoms with E-state index in [0.717, 1.165) is 0 Å². The lowest BCUT2D eigenvalue weighted by atomic mass is 10.1. The van der Waals surface area contributed by atoms with Crippen molar-refractivity contribution in [3.05, 3.63) is 0 Å². The fourth-order valence-corrected chi connectivity index (χ4v) is 1.34. The summed E-state index contributed by atoms with van der Waals surface area (Å²) in [5, 5.41) is 0.367. The van der Waals surface area contributed by atoms with Crippen LogP contribution < -0.4 is 0 Å². The molecule has 12 heavy (non-hydrogen) atoms. The Hall–Kier alpha value is -0.190. The molecule has 0 heterocycles. The summed E-state index contributed by atoms with van der Waals surface area (Å²) in [6, 6.07) is 0. The summed E-state index contributed by atoms with van der Waals surface area (Å²) >= 11 is 3.06.